The number of rotatable bonds is 6. The molecule has 0 spiro atoms. The van der Waals surface area contributed by atoms with Gasteiger partial charge in [-0.2, -0.15) is 9.40 Å². The summed E-state index contributed by atoms with van der Waals surface area (Å²) >= 11 is 0. The highest BCUT2D eigenvalue weighted by atomic mass is 32.2. The Labute approximate surface area is 186 Å². The van der Waals surface area contributed by atoms with Crippen LogP contribution in [0.25, 0.3) is 0 Å². The Balaban J connectivity index is 1.31. The van der Waals surface area contributed by atoms with Gasteiger partial charge in [0.15, 0.2) is 5.82 Å². The lowest BCUT2D eigenvalue weighted by Crippen LogP contribution is -2.41. The molecule has 1 aromatic heterocycles. The zero-order valence-electron chi connectivity index (χ0n) is 17.8. The molecular formula is C22H28F2N4O3S. The Kier molecular flexibility index (Phi) is 6.90. The Bertz CT molecular complexity index is 1060. The Morgan fingerprint density at radius 2 is 1.81 bits per heavy atom. The maximum atomic E-state index is 14.0. The molecule has 2 fully saturated rings. The number of nitrogens with zero attached hydrogens (tertiary/aromatic N) is 2. The van der Waals surface area contributed by atoms with Gasteiger partial charge in [0.2, 0.25) is 15.9 Å². The van der Waals surface area contributed by atoms with Crippen molar-refractivity contribution in [2.24, 2.45) is 11.8 Å². The summed E-state index contributed by atoms with van der Waals surface area (Å²) in [6.07, 6.45) is 7.80. The zero-order chi connectivity index (χ0) is 22.7. The van der Waals surface area contributed by atoms with Crippen LogP contribution in [0.1, 0.15) is 50.6 Å². The average Bonchev–Trinajstić information content (AvgIpc) is 3.22. The van der Waals surface area contributed by atoms with Crippen LogP contribution in [0.4, 0.5) is 14.6 Å². The van der Waals surface area contributed by atoms with Crippen molar-refractivity contribution in [1.29, 1.82) is 0 Å². The summed E-state index contributed by atoms with van der Waals surface area (Å²) in [6.45, 7) is 0.119. The minimum absolute atomic E-state index is 0.0594. The molecule has 2 N–H and O–H groups in total. The van der Waals surface area contributed by atoms with E-state index in [0.29, 0.717) is 30.6 Å². The van der Waals surface area contributed by atoms with E-state index in [1.165, 1.54) is 32.1 Å². The third kappa shape index (κ3) is 5.17. The molecule has 7 nitrogen and oxygen atoms in total. The number of aromatic amines is 1. The molecular weight excluding hydrogens is 438 g/mol. The van der Waals surface area contributed by atoms with Crippen molar-refractivity contribution in [3.05, 3.63) is 41.6 Å². The number of amides is 1. The zero-order valence-corrected chi connectivity index (χ0v) is 18.6. The van der Waals surface area contributed by atoms with Gasteiger partial charge < -0.3 is 5.32 Å². The maximum absolute atomic E-state index is 14.0. The molecule has 1 aromatic carbocycles. The molecule has 2 aromatic rings. The number of H-pyrrole nitrogens is 1. The molecule has 2 heterocycles. The second-order valence-corrected chi connectivity index (χ2v) is 10.6. The summed E-state index contributed by atoms with van der Waals surface area (Å²) in [5.41, 5.74) is 1.00. The van der Waals surface area contributed by atoms with Gasteiger partial charge in [-0.1, -0.05) is 32.1 Å². The van der Waals surface area contributed by atoms with Crippen molar-refractivity contribution in [2.45, 2.75) is 56.3 Å². The van der Waals surface area contributed by atoms with Gasteiger partial charge in [-0.05, 0) is 43.4 Å². The Morgan fingerprint density at radius 3 is 2.53 bits per heavy atom. The van der Waals surface area contributed by atoms with Crippen molar-refractivity contribution in [3.8, 4) is 0 Å². The quantitative estimate of drug-likeness (QED) is 0.676. The minimum atomic E-state index is -4.16. The van der Waals surface area contributed by atoms with Gasteiger partial charge in [-0.15, -0.1) is 0 Å². The smallest absolute Gasteiger partial charge is 0.246 e. The van der Waals surface area contributed by atoms with Gasteiger partial charge in [-0.25, -0.2) is 17.2 Å². The number of piperidine rings is 1. The van der Waals surface area contributed by atoms with Crippen LogP contribution >= 0.6 is 0 Å². The first-order chi connectivity index (χ1) is 15.3. The molecule has 1 aliphatic heterocycles. The highest BCUT2D eigenvalue weighted by molar-refractivity contribution is 7.89. The lowest BCUT2D eigenvalue weighted by atomic mass is 9.86. The van der Waals surface area contributed by atoms with Crippen molar-refractivity contribution >= 4 is 21.7 Å². The summed E-state index contributed by atoms with van der Waals surface area (Å²) in [7, 11) is -4.16. The third-order valence-electron chi connectivity index (χ3n) is 6.45. The molecule has 1 aliphatic carbocycles. The molecule has 0 radical (unpaired) electrons. The van der Waals surface area contributed by atoms with Crippen LogP contribution in [0.5, 0.6) is 0 Å². The molecule has 0 unspecified atom stereocenters. The van der Waals surface area contributed by atoms with Crippen LogP contribution in [0.2, 0.25) is 0 Å². The van der Waals surface area contributed by atoms with E-state index in [-0.39, 0.29) is 24.9 Å². The summed E-state index contributed by atoms with van der Waals surface area (Å²) in [5, 5.41) is 10.00. The standard InChI is InChI=1S/C22H28F2N4O3S/c23-17-6-7-19(24)20(13-17)32(30,31)28-10-8-16(9-11-28)22(29)25-21-14-18(26-27-21)12-15-4-2-1-3-5-15/h6-7,13-16H,1-5,8-12H2,(H2,25,26,27,29). The molecule has 0 bridgehead atoms. The lowest BCUT2D eigenvalue weighted by molar-refractivity contribution is -0.120. The van der Waals surface area contributed by atoms with E-state index in [9.17, 15) is 22.0 Å². The second-order valence-electron chi connectivity index (χ2n) is 8.73. The molecule has 1 saturated heterocycles. The van der Waals surface area contributed by atoms with Crippen molar-refractivity contribution < 1.29 is 22.0 Å². The molecule has 10 heteroatoms. The molecule has 174 valence electrons. The minimum Gasteiger partial charge on any atom is -0.309 e. The first-order valence-electron chi connectivity index (χ1n) is 11.1. The van der Waals surface area contributed by atoms with Crippen molar-refractivity contribution in [2.75, 3.05) is 18.4 Å². The van der Waals surface area contributed by atoms with Crippen LogP contribution in [-0.4, -0.2) is 41.9 Å². The normalized spacial score (nSPS) is 19.2. The summed E-state index contributed by atoms with van der Waals surface area (Å²) in [4.78, 5) is 12.0. The predicted octanol–water partition coefficient (Wildman–Crippen LogP) is 3.85. The fourth-order valence-corrected chi connectivity index (χ4v) is 6.18. The lowest BCUT2D eigenvalue weighted by Gasteiger charge is -2.30. The molecule has 2 aliphatic rings. The molecule has 1 amide bonds. The van der Waals surface area contributed by atoms with E-state index < -0.39 is 26.6 Å². The molecule has 4 rings (SSSR count). The largest absolute Gasteiger partial charge is 0.309 e. The van der Waals surface area contributed by atoms with E-state index in [1.54, 1.807) is 0 Å². The van der Waals surface area contributed by atoms with Crippen molar-refractivity contribution in [1.82, 2.24) is 14.5 Å². The molecule has 0 atom stereocenters. The third-order valence-corrected chi connectivity index (χ3v) is 8.36. The van der Waals surface area contributed by atoms with Gasteiger partial charge in [0, 0.05) is 30.8 Å². The van der Waals surface area contributed by atoms with E-state index in [0.717, 1.165) is 28.6 Å². The summed E-state index contributed by atoms with van der Waals surface area (Å²) < 4.78 is 53.9. The number of benzene rings is 1. The van der Waals surface area contributed by atoms with Gasteiger partial charge >= 0.3 is 0 Å². The first-order valence-corrected chi connectivity index (χ1v) is 12.6. The monoisotopic (exact) mass is 466 g/mol. The SMILES string of the molecule is O=C(Nc1cc(CC2CCCCC2)[nH]n1)C1CCN(S(=O)(=O)c2cc(F)ccc2F)CC1. The van der Waals surface area contributed by atoms with E-state index in [4.69, 9.17) is 0 Å². The van der Waals surface area contributed by atoms with Crippen LogP contribution in [0.3, 0.4) is 0 Å². The number of hydrogen-bond acceptors (Lipinski definition) is 4. The van der Waals surface area contributed by atoms with Crippen LogP contribution in [0.15, 0.2) is 29.2 Å². The van der Waals surface area contributed by atoms with E-state index in [1.807, 2.05) is 6.07 Å². The highest BCUT2D eigenvalue weighted by Crippen LogP contribution is 2.28. The molecule has 1 saturated carbocycles. The second kappa shape index (κ2) is 9.66. The number of hydrogen-bond donors (Lipinski definition) is 2. The van der Waals surface area contributed by atoms with Crippen LogP contribution < -0.4 is 5.32 Å². The van der Waals surface area contributed by atoms with Crippen LogP contribution in [0, 0.1) is 23.5 Å². The number of aromatic nitrogens is 2. The summed E-state index contributed by atoms with van der Waals surface area (Å²) in [5.74, 6) is -1.28. The number of nitrogens with one attached hydrogen (secondary N) is 2. The fourth-order valence-electron chi connectivity index (χ4n) is 4.63. The first kappa shape index (κ1) is 22.8. The average molecular weight is 467 g/mol. The van der Waals surface area contributed by atoms with Crippen LogP contribution in [-0.2, 0) is 21.2 Å². The number of carbonyl (C=O) groups is 1. The predicted molar refractivity (Wildman–Crippen MR) is 115 cm³/mol. The Morgan fingerprint density at radius 1 is 1.09 bits per heavy atom. The number of sulfonamides is 1. The van der Waals surface area contributed by atoms with Gasteiger partial charge in [0.25, 0.3) is 0 Å². The van der Waals surface area contributed by atoms with E-state index >= 15 is 0 Å². The Hall–Kier alpha value is -2.33. The maximum Gasteiger partial charge on any atom is 0.246 e. The van der Waals surface area contributed by atoms with Gasteiger partial charge in [0.1, 0.15) is 16.5 Å². The number of halogens is 2. The fraction of sp³-hybridized carbons (Fsp3) is 0.545. The van der Waals surface area contributed by atoms with Crippen molar-refractivity contribution in [3.63, 3.8) is 0 Å². The van der Waals surface area contributed by atoms with Gasteiger partial charge in [-0.3, -0.25) is 9.89 Å². The number of anilines is 1. The van der Waals surface area contributed by atoms with E-state index in [2.05, 4.69) is 15.5 Å². The topological polar surface area (TPSA) is 95.2 Å². The van der Waals surface area contributed by atoms with Gasteiger partial charge in [0.05, 0.1) is 0 Å². The number of carbonyl (C=O) groups excluding carboxylic acids is 1. The highest BCUT2D eigenvalue weighted by Gasteiger charge is 2.34. The molecule has 32 heavy (non-hydrogen) atoms. The summed E-state index contributed by atoms with van der Waals surface area (Å²) in [6, 6.07) is 4.22.